The number of nitrogens with zero attached hydrogens (tertiary/aromatic N) is 3. The number of aromatic hydroxyl groups is 2. The monoisotopic (exact) mass is 770 g/mol. The molecule has 0 bridgehead atoms. The first-order chi connectivity index (χ1) is 25.1. The van der Waals surface area contributed by atoms with E-state index in [0.717, 1.165) is 22.0 Å². The van der Waals surface area contributed by atoms with Crippen LogP contribution in [0.25, 0.3) is 21.8 Å². The lowest BCUT2D eigenvalue weighted by molar-refractivity contribution is -0.645. The van der Waals surface area contributed by atoms with Crippen LogP contribution in [-0.4, -0.2) is 79.0 Å². The predicted molar refractivity (Wildman–Crippen MR) is 193 cm³/mol. The third-order valence-electron chi connectivity index (χ3n) is 8.59. The van der Waals surface area contributed by atoms with Gasteiger partial charge in [-0.15, -0.1) is 4.73 Å². The summed E-state index contributed by atoms with van der Waals surface area (Å²) in [7, 11) is -5.82. The minimum absolute atomic E-state index is 0.0319. The van der Waals surface area contributed by atoms with Crippen LogP contribution in [0.15, 0.2) is 77.7 Å². The standard InChI is InChI=1S/C36H39N3O12S2/c1-24-9-13-27(14-10-24)53(47,48)38(20-6-4-5-8-34(42)51-39-32(40)17-18-33(39)41)36(43)35-28-22-25(49-2)11-15-30(28)37(19-7-21-52(44,45)46)31-16-12-26(50-3)23-29(31)35/h9-18,22-23H,4-8,19-21H2,1-3H3,(H2,43,44,45,46)/p+1. The molecular formula is C36H40N3O12S2+. The highest BCUT2D eigenvalue weighted by Crippen LogP contribution is 2.33. The van der Waals surface area contributed by atoms with Crippen molar-refractivity contribution in [3.63, 3.8) is 0 Å². The number of amides is 1. The zero-order valence-corrected chi connectivity index (χ0v) is 30.9. The number of fused-ring (bicyclic) bond motifs is 2. The highest BCUT2D eigenvalue weighted by Gasteiger charge is 2.35. The molecule has 5 aromatic rings. The second kappa shape index (κ2) is 16.1. The molecule has 17 heteroatoms. The molecule has 1 amide bonds. The molecule has 15 nitrogen and oxygen atoms in total. The molecule has 0 aliphatic heterocycles. The summed E-state index contributed by atoms with van der Waals surface area (Å²) in [6, 6.07) is 18.3. The molecule has 0 spiro atoms. The molecular weight excluding hydrogens is 731 g/mol. The fourth-order valence-electron chi connectivity index (χ4n) is 5.94. The number of hydrogen-bond donors (Lipinski definition) is 3. The topological polar surface area (TPSA) is 203 Å². The van der Waals surface area contributed by atoms with Gasteiger partial charge >= 0.3 is 5.97 Å². The van der Waals surface area contributed by atoms with Crippen LogP contribution in [0.5, 0.6) is 23.3 Å². The van der Waals surface area contributed by atoms with Gasteiger partial charge in [0, 0.05) is 43.7 Å². The van der Waals surface area contributed by atoms with Crippen molar-refractivity contribution in [2.75, 3.05) is 26.5 Å². The van der Waals surface area contributed by atoms with E-state index < -0.39 is 49.5 Å². The number of methoxy groups -OCH3 is 2. The summed E-state index contributed by atoms with van der Waals surface area (Å²) in [5, 5.41) is 20.1. The Hall–Kier alpha value is -5.39. The summed E-state index contributed by atoms with van der Waals surface area (Å²) in [4.78, 5) is 32.2. The maximum absolute atomic E-state index is 14.9. The van der Waals surface area contributed by atoms with E-state index in [1.165, 1.54) is 26.4 Å². The largest absolute Gasteiger partial charge is 0.497 e. The molecule has 0 unspecified atom stereocenters. The lowest BCUT2D eigenvalue weighted by Gasteiger charge is -2.24. The van der Waals surface area contributed by atoms with Gasteiger partial charge in [0.2, 0.25) is 22.8 Å². The number of carbonyl (C=O) groups is 2. The number of aryl methyl sites for hydroxylation is 2. The van der Waals surface area contributed by atoms with Crippen LogP contribution in [0.2, 0.25) is 0 Å². The Morgan fingerprint density at radius 1 is 0.774 bits per heavy atom. The van der Waals surface area contributed by atoms with Crippen LogP contribution < -0.4 is 18.9 Å². The van der Waals surface area contributed by atoms with E-state index in [0.29, 0.717) is 44.5 Å². The van der Waals surface area contributed by atoms with Crippen LogP contribution >= 0.6 is 0 Å². The fraction of sp³-hybridized carbons (Fsp3) is 0.306. The Bertz CT molecular complexity index is 2290. The molecule has 0 saturated heterocycles. The second-order valence-corrected chi connectivity index (χ2v) is 15.7. The van der Waals surface area contributed by atoms with Gasteiger partial charge in [-0.3, -0.25) is 9.35 Å². The van der Waals surface area contributed by atoms with Crippen molar-refractivity contribution in [3.05, 3.63) is 83.9 Å². The number of benzene rings is 3. The van der Waals surface area contributed by atoms with E-state index >= 15 is 0 Å². The van der Waals surface area contributed by atoms with E-state index in [4.69, 9.17) is 14.3 Å². The Morgan fingerprint density at radius 2 is 1.34 bits per heavy atom. The molecule has 0 atom stereocenters. The SMILES string of the molecule is COc1ccc2c(c1)c(C(=O)N(CCCCCC(=O)On1c(O)ccc1O)S(=O)(=O)c1ccc(C)cc1)c1cc(OC)ccc1[n+]2CCCS(=O)(=O)O. The highest BCUT2D eigenvalue weighted by atomic mass is 32.2. The van der Waals surface area contributed by atoms with Crippen LogP contribution in [0.4, 0.5) is 0 Å². The van der Waals surface area contributed by atoms with Gasteiger partial charge in [0.05, 0.1) is 41.2 Å². The Kier molecular flexibility index (Phi) is 11.8. The van der Waals surface area contributed by atoms with Gasteiger partial charge in [0.25, 0.3) is 26.0 Å². The summed E-state index contributed by atoms with van der Waals surface area (Å²) in [5.41, 5.74) is 1.80. The van der Waals surface area contributed by atoms with Gasteiger partial charge in [-0.1, -0.05) is 24.1 Å². The van der Waals surface area contributed by atoms with Crippen LogP contribution in [0.3, 0.4) is 0 Å². The maximum atomic E-state index is 14.9. The predicted octanol–water partition coefficient (Wildman–Crippen LogP) is 4.14. The number of rotatable bonds is 16. The van der Waals surface area contributed by atoms with Crippen molar-refractivity contribution in [2.24, 2.45) is 0 Å². The number of unbranched alkanes of at least 4 members (excludes halogenated alkanes) is 2. The normalized spacial score (nSPS) is 11.8. The van der Waals surface area contributed by atoms with Gasteiger partial charge in [0.15, 0.2) is 6.54 Å². The number of aromatic nitrogens is 2. The molecule has 2 aromatic heterocycles. The molecule has 282 valence electrons. The summed E-state index contributed by atoms with van der Waals surface area (Å²) in [6.45, 7) is 1.67. The minimum atomic E-state index is -4.45. The van der Waals surface area contributed by atoms with Gasteiger partial charge in [-0.05, 0) is 56.2 Å². The lowest BCUT2D eigenvalue weighted by atomic mass is 10.00. The molecule has 0 fully saturated rings. The zero-order valence-electron chi connectivity index (χ0n) is 29.3. The first-order valence-electron chi connectivity index (χ1n) is 16.6. The molecule has 0 aliphatic carbocycles. The van der Waals surface area contributed by atoms with Crippen molar-refractivity contribution in [2.45, 2.75) is 50.5 Å². The Morgan fingerprint density at radius 3 is 1.87 bits per heavy atom. The molecule has 0 aliphatic rings. The molecule has 5 rings (SSSR count). The average molecular weight is 771 g/mol. The molecule has 0 saturated carbocycles. The Balaban J connectivity index is 1.56. The third-order valence-corrected chi connectivity index (χ3v) is 11.2. The van der Waals surface area contributed by atoms with Gasteiger partial charge < -0.3 is 24.5 Å². The zero-order chi connectivity index (χ0) is 38.5. The van der Waals surface area contributed by atoms with E-state index in [-0.39, 0.29) is 49.2 Å². The molecule has 3 N–H and O–H groups in total. The van der Waals surface area contributed by atoms with Crippen molar-refractivity contribution in [3.8, 4) is 23.3 Å². The first kappa shape index (κ1) is 38.8. The summed E-state index contributed by atoms with van der Waals surface area (Å²) < 4.78 is 75.4. The van der Waals surface area contributed by atoms with E-state index in [1.54, 1.807) is 60.0 Å². The quantitative estimate of drug-likeness (QED) is 0.0561. The molecule has 2 heterocycles. The van der Waals surface area contributed by atoms with Crippen molar-refractivity contribution in [1.82, 2.24) is 9.04 Å². The van der Waals surface area contributed by atoms with Crippen molar-refractivity contribution in [1.29, 1.82) is 0 Å². The van der Waals surface area contributed by atoms with E-state index in [9.17, 15) is 41.2 Å². The Labute approximate surface area is 306 Å². The van der Waals surface area contributed by atoms with Gasteiger partial charge in [-0.2, -0.15) is 13.0 Å². The average Bonchev–Trinajstić information content (AvgIpc) is 3.43. The highest BCUT2D eigenvalue weighted by molar-refractivity contribution is 7.89. The van der Waals surface area contributed by atoms with Gasteiger partial charge in [0.1, 0.15) is 11.5 Å². The molecule has 3 aromatic carbocycles. The molecule has 0 radical (unpaired) electrons. The van der Waals surface area contributed by atoms with Crippen LogP contribution in [-0.2, 0) is 31.5 Å². The maximum Gasteiger partial charge on any atom is 0.333 e. The van der Waals surface area contributed by atoms with E-state index in [1.807, 2.05) is 0 Å². The van der Waals surface area contributed by atoms with Crippen LogP contribution in [0.1, 0.15) is 48.0 Å². The molecule has 53 heavy (non-hydrogen) atoms. The van der Waals surface area contributed by atoms with Crippen LogP contribution in [0, 0.1) is 6.92 Å². The van der Waals surface area contributed by atoms with Gasteiger partial charge in [-0.25, -0.2) is 17.5 Å². The number of hydrogen-bond acceptors (Lipinski definition) is 11. The summed E-state index contributed by atoms with van der Waals surface area (Å²) in [6.07, 6.45) is 0.616. The number of carbonyl (C=O) groups excluding carboxylic acids is 2. The van der Waals surface area contributed by atoms with E-state index in [2.05, 4.69) is 0 Å². The summed E-state index contributed by atoms with van der Waals surface area (Å²) in [5.74, 6) is -2.28. The smallest absolute Gasteiger partial charge is 0.333 e. The third kappa shape index (κ3) is 8.81. The van der Waals surface area contributed by atoms with Crippen molar-refractivity contribution < 1.29 is 60.1 Å². The minimum Gasteiger partial charge on any atom is -0.497 e. The number of ether oxygens (including phenoxy) is 2. The second-order valence-electron chi connectivity index (χ2n) is 12.2. The summed E-state index contributed by atoms with van der Waals surface area (Å²) >= 11 is 0. The fourth-order valence-corrected chi connectivity index (χ4v) is 7.85. The first-order valence-corrected chi connectivity index (χ1v) is 19.6. The van der Waals surface area contributed by atoms with Crippen molar-refractivity contribution >= 4 is 53.8 Å². The lowest BCUT2D eigenvalue weighted by Crippen LogP contribution is -2.40. The number of pyridine rings is 1. The number of sulfonamides is 1.